The quantitative estimate of drug-likeness (QED) is 0.506. The molecule has 0 radical (unpaired) electrons. The maximum absolute atomic E-state index is 12.3. The number of ether oxygens (including phenoxy) is 2. The first-order valence-corrected chi connectivity index (χ1v) is 9.93. The number of Topliss-reactive ketones (excluding diaryl/α,β-unsaturated/α-hetero) is 1. The summed E-state index contributed by atoms with van der Waals surface area (Å²) in [4.78, 5) is 23.7. The molecule has 0 fully saturated rings. The van der Waals surface area contributed by atoms with Gasteiger partial charge in [0.1, 0.15) is 30.8 Å². The molecule has 0 saturated heterocycles. The molecule has 6 nitrogen and oxygen atoms in total. The van der Waals surface area contributed by atoms with Crippen LogP contribution in [-0.2, 0) is 0 Å². The van der Waals surface area contributed by atoms with Crippen LogP contribution in [0.15, 0.2) is 72.8 Å². The van der Waals surface area contributed by atoms with E-state index in [1.54, 1.807) is 54.6 Å². The summed E-state index contributed by atoms with van der Waals surface area (Å²) in [5.41, 5.74) is 2.81. The average Bonchev–Trinajstić information content (AvgIpc) is 2.77. The molecule has 3 rings (SSSR count). The fourth-order valence-electron chi connectivity index (χ4n) is 2.86. The van der Waals surface area contributed by atoms with Crippen LogP contribution in [0.25, 0.3) is 0 Å². The molecular formula is C25H25NO5. The Balaban J connectivity index is 1.46. The number of carbonyl (C=O) groups excluding carboxylic acids is 2. The standard InChI is InChI=1S/C25H25NO5/c1-17-5-3-7-20(13-17)25(29)26-21-9-11-23(12-10-21)30-15-22(28)16-31-24-8-4-6-19(14-24)18(2)27/h3-14,22,28H,15-16H2,1-2H3,(H,26,29). The second-order valence-electron chi connectivity index (χ2n) is 7.21. The number of carbonyl (C=O) groups is 2. The number of nitrogens with one attached hydrogen (secondary N) is 1. The second-order valence-corrected chi connectivity index (χ2v) is 7.21. The van der Waals surface area contributed by atoms with Crippen molar-refractivity contribution < 1.29 is 24.2 Å². The predicted molar refractivity (Wildman–Crippen MR) is 119 cm³/mol. The zero-order chi connectivity index (χ0) is 22.2. The van der Waals surface area contributed by atoms with Crippen LogP contribution in [0, 0.1) is 6.92 Å². The molecule has 0 aliphatic rings. The van der Waals surface area contributed by atoms with Gasteiger partial charge in [-0.15, -0.1) is 0 Å². The van der Waals surface area contributed by atoms with Crippen molar-refractivity contribution in [2.75, 3.05) is 18.5 Å². The summed E-state index contributed by atoms with van der Waals surface area (Å²) in [5, 5.41) is 12.9. The molecule has 160 valence electrons. The highest BCUT2D eigenvalue weighted by atomic mass is 16.5. The number of anilines is 1. The smallest absolute Gasteiger partial charge is 0.255 e. The van der Waals surface area contributed by atoms with E-state index in [0.29, 0.717) is 28.3 Å². The molecule has 1 atom stereocenters. The SMILES string of the molecule is CC(=O)c1cccc(OCC(O)COc2ccc(NC(=O)c3cccc(C)c3)cc2)c1. The maximum Gasteiger partial charge on any atom is 0.255 e. The minimum absolute atomic E-state index is 0.0337. The van der Waals surface area contributed by atoms with Gasteiger partial charge in [-0.3, -0.25) is 9.59 Å². The first-order valence-electron chi connectivity index (χ1n) is 9.93. The number of hydrogen-bond donors (Lipinski definition) is 2. The second kappa shape index (κ2) is 10.4. The Morgan fingerprint density at radius 1 is 0.871 bits per heavy atom. The monoisotopic (exact) mass is 419 g/mol. The van der Waals surface area contributed by atoms with Crippen LogP contribution in [0.2, 0.25) is 0 Å². The van der Waals surface area contributed by atoms with Crippen molar-refractivity contribution in [2.45, 2.75) is 20.0 Å². The van der Waals surface area contributed by atoms with Crippen LogP contribution in [0.5, 0.6) is 11.5 Å². The van der Waals surface area contributed by atoms with Crippen molar-refractivity contribution in [3.05, 3.63) is 89.5 Å². The molecule has 2 N–H and O–H groups in total. The van der Waals surface area contributed by atoms with E-state index in [2.05, 4.69) is 5.32 Å². The maximum atomic E-state index is 12.3. The summed E-state index contributed by atoms with van der Waals surface area (Å²) in [6, 6.07) is 21.1. The van der Waals surface area contributed by atoms with Crippen molar-refractivity contribution in [3.63, 3.8) is 0 Å². The summed E-state index contributed by atoms with van der Waals surface area (Å²) in [6.45, 7) is 3.50. The van der Waals surface area contributed by atoms with Crippen molar-refractivity contribution in [1.29, 1.82) is 0 Å². The summed E-state index contributed by atoms with van der Waals surface area (Å²) in [5.74, 6) is 0.846. The van der Waals surface area contributed by atoms with Crippen molar-refractivity contribution in [2.24, 2.45) is 0 Å². The van der Waals surface area contributed by atoms with E-state index >= 15 is 0 Å². The van der Waals surface area contributed by atoms with Crippen LogP contribution in [0.1, 0.15) is 33.2 Å². The molecule has 6 heteroatoms. The zero-order valence-corrected chi connectivity index (χ0v) is 17.5. The number of aliphatic hydroxyl groups is 1. The highest BCUT2D eigenvalue weighted by Gasteiger charge is 2.09. The fraction of sp³-hybridized carbons (Fsp3) is 0.200. The van der Waals surface area contributed by atoms with Gasteiger partial charge in [0.25, 0.3) is 5.91 Å². The number of hydrogen-bond acceptors (Lipinski definition) is 5. The third kappa shape index (κ3) is 6.69. The number of ketones is 1. The lowest BCUT2D eigenvalue weighted by molar-refractivity contribution is 0.0626. The molecule has 0 heterocycles. The first kappa shape index (κ1) is 22.1. The minimum Gasteiger partial charge on any atom is -0.491 e. The number of aliphatic hydroxyl groups excluding tert-OH is 1. The van der Waals surface area contributed by atoms with Gasteiger partial charge in [0, 0.05) is 16.8 Å². The average molecular weight is 419 g/mol. The van der Waals surface area contributed by atoms with Crippen LogP contribution in [0.3, 0.4) is 0 Å². The van der Waals surface area contributed by atoms with Gasteiger partial charge >= 0.3 is 0 Å². The van der Waals surface area contributed by atoms with E-state index in [4.69, 9.17) is 9.47 Å². The van der Waals surface area contributed by atoms with Crippen molar-refractivity contribution in [3.8, 4) is 11.5 Å². The minimum atomic E-state index is -0.846. The Morgan fingerprint density at radius 3 is 2.19 bits per heavy atom. The molecule has 0 aromatic heterocycles. The van der Waals surface area contributed by atoms with E-state index in [1.807, 2.05) is 25.1 Å². The Bertz CT molecular complexity index is 1050. The summed E-state index contributed by atoms with van der Waals surface area (Å²) in [6.07, 6.45) is -0.846. The normalized spacial score (nSPS) is 11.5. The highest BCUT2D eigenvalue weighted by molar-refractivity contribution is 6.04. The molecule has 0 spiro atoms. The Labute approximate surface area is 181 Å². The number of amides is 1. The van der Waals surface area contributed by atoms with E-state index in [1.165, 1.54) is 6.92 Å². The molecule has 1 amide bonds. The summed E-state index contributed by atoms with van der Waals surface area (Å²) < 4.78 is 11.1. The number of rotatable bonds is 9. The molecule has 0 aliphatic carbocycles. The van der Waals surface area contributed by atoms with Crippen molar-refractivity contribution >= 4 is 17.4 Å². The van der Waals surface area contributed by atoms with Crippen LogP contribution < -0.4 is 14.8 Å². The van der Waals surface area contributed by atoms with Gasteiger partial charge in [-0.05, 0) is 62.4 Å². The molecule has 0 saturated carbocycles. The molecule has 31 heavy (non-hydrogen) atoms. The highest BCUT2D eigenvalue weighted by Crippen LogP contribution is 2.18. The lowest BCUT2D eigenvalue weighted by Crippen LogP contribution is -2.25. The molecule has 0 bridgehead atoms. The lowest BCUT2D eigenvalue weighted by Gasteiger charge is -2.14. The predicted octanol–water partition coefficient (Wildman–Crippen LogP) is 4.27. The van der Waals surface area contributed by atoms with E-state index < -0.39 is 6.10 Å². The van der Waals surface area contributed by atoms with Crippen LogP contribution in [0.4, 0.5) is 5.69 Å². The summed E-state index contributed by atoms with van der Waals surface area (Å²) >= 11 is 0. The van der Waals surface area contributed by atoms with Crippen LogP contribution in [-0.4, -0.2) is 36.1 Å². The topological polar surface area (TPSA) is 84.9 Å². The third-order valence-corrected chi connectivity index (χ3v) is 4.52. The first-order chi connectivity index (χ1) is 14.9. The summed E-state index contributed by atoms with van der Waals surface area (Å²) in [7, 11) is 0. The van der Waals surface area contributed by atoms with E-state index in [0.717, 1.165) is 5.56 Å². The van der Waals surface area contributed by atoms with Crippen LogP contribution >= 0.6 is 0 Å². The fourth-order valence-corrected chi connectivity index (χ4v) is 2.86. The molecule has 3 aromatic rings. The van der Waals surface area contributed by atoms with E-state index in [-0.39, 0.29) is 24.9 Å². The Kier molecular flexibility index (Phi) is 7.40. The molecule has 1 unspecified atom stereocenters. The van der Waals surface area contributed by atoms with Gasteiger partial charge in [0.15, 0.2) is 5.78 Å². The number of benzene rings is 3. The van der Waals surface area contributed by atoms with Crippen molar-refractivity contribution in [1.82, 2.24) is 0 Å². The Morgan fingerprint density at radius 2 is 1.52 bits per heavy atom. The molecular weight excluding hydrogens is 394 g/mol. The van der Waals surface area contributed by atoms with Gasteiger partial charge in [-0.1, -0.05) is 29.8 Å². The van der Waals surface area contributed by atoms with Gasteiger partial charge in [0.2, 0.25) is 0 Å². The Hall–Kier alpha value is -3.64. The zero-order valence-electron chi connectivity index (χ0n) is 17.5. The lowest BCUT2D eigenvalue weighted by atomic mass is 10.1. The van der Waals surface area contributed by atoms with Gasteiger partial charge in [-0.2, -0.15) is 0 Å². The third-order valence-electron chi connectivity index (χ3n) is 4.52. The van der Waals surface area contributed by atoms with E-state index in [9.17, 15) is 14.7 Å². The number of aryl methyl sites for hydroxylation is 1. The van der Waals surface area contributed by atoms with Gasteiger partial charge < -0.3 is 19.9 Å². The van der Waals surface area contributed by atoms with Gasteiger partial charge in [0.05, 0.1) is 0 Å². The van der Waals surface area contributed by atoms with Gasteiger partial charge in [-0.25, -0.2) is 0 Å². The molecule has 0 aliphatic heterocycles. The largest absolute Gasteiger partial charge is 0.491 e. The molecule has 3 aromatic carbocycles.